The normalized spacial score (nSPS) is 17.4. The Morgan fingerprint density at radius 3 is 2.93 bits per heavy atom. The van der Waals surface area contributed by atoms with E-state index >= 15 is 0 Å². The quantitative estimate of drug-likeness (QED) is 0.773. The Hall–Kier alpha value is -2.96. The van der Waals surface area contributed by atoms with E-state index in [1.807, 2.05) is 30.9 Å². The number of aromatic amines is 1. The molecule has 7 nitrogen and oxygen atoms in total. The number of H-pyrrole nitrogens is 1. The zero-order chi connectivity index (χ0) is 19.0. The van der Waals surface area contributed by atoms with Crippen molar-refractivity contribution < 1.29 is 4.79 Å². The smallest absolute Gasteiger partial charge is 0.276 e. The summed E-state index contributed by atoms with van der Waals surface area (Å²) >= 11 is 0. The minimum atomic E-state index is -0.111. The number of aromatic nitrogens is 4. The zero-order valence-electron chi connectivity index (χ0n) is 15.6. The fourth-order valence-corrected chi connectivity index (χ4v) is 3.90. The van der Waals surface area contributed by atoms with Crippen LogP contribution in [0.25, 0.3) is 5.65 Å². The van der Waals surface area contributed by atoms with E-state index in [1.165, 1.54) is 4.52 Å². The summed E-state index contributed by atoms with van der Waals surface area (Å²) in [5.41, 5.74) is 3.30. The lowest BCUT2D eigenvalue weighted by Crippen LogP contribution is -2.39. The van der Waals surface area contributed by atoms with Crippen molar-refractivity contribution in [3.8, 4) is 0 Å². The van der Waals surface area contributed by atoms with E-state index in [4.69, 9.17) is 0 Å². The lowest BCUT2D eigenvalue weighted by molar-refractivity contribution is 0.0599. The Kier molecular flexibility index (Phi) is 4.51. The number of nitrogens with zero attached hydrogens (tertiary/aromatic N) is 4. The number of fused-ring (bicyclic) bond motifs is 1. The number of likely N-dealkylation sites (tertiary alicyclic amines) is 1. The number of piperidine rings is 1. The van der Waals surface area contributed by atoms with Gasteiger partial charge in [-0.3, -0.25) is 19.7 Å². The Morgan fingerprint density at radius 1 is 1.33 bits per heavy atom. The van der Waals surface area contributed by atoms with Crippen LogP contribution in [0.15, 0.2) is 35.3 Å². The van der Waals surface area contributed by atoms with E-state index < -0.39 is 0 Å². The molecule has 0 aromatic carbocycles. The molecule has 1 aliphatic heterocycles. The van der Waals surface area contributed by atoms with Crippen molar-refractivity contribution in [3.63, 3.8) is 0 Å². The van der Waals surface area contributed by atoms with Crippen molar-refractivity contribution in [1.82, 2.24) is 24.5 Å². The molecule has 1 amide bonds. The van der Waals surface area contributed by atoms with Crippen molar-refractivity contribution in [2.45, 2.75) is 45.6 Å². The number of carbonyl (C=O) groups is 1. The van der Waals surface area contributed by atoms with Gasteiger partial charge < -0.3 is 4.90 Å². The van der Waals surface area contributed by atoms with Gasteiger partial charge in [0.25, 0.3) is 11.5 Å². The predicted molar refractivity (Wildman–Crippen MR) is 102 cm³/mol. The molecule has 0 spiro atoms. The maximum atomic E-state index is 13.0. The molecule has 4 heterocycles. The molecular formula is C20H23N5O2. The van der Waals surface area contributed by atoms with Gasteiger partial charge in [-0.1, -0.05) is 13.0 Å². The largest absolute Gasteiger partial charge is 0.329 e. The first-order valence-corrected chi connectivity index (χ1v) is 9.43. The molecule has 7 heteroatoms. The van der Waals surface area contributed by atoms with E-state index in [1.54, 1.807) is 18.3 Å². The van der Waals surface area contributed by atoms with Crippen LogP contribution in [0.5, 0.6) is 0 Å². The highest BCUT2D eigenvalue weighted by Gasteiger charge is 2.31. The lowest BCUT2D eigenvalue weighted by atomic mass is 9.99. The van der Waals surface area contributed by atoms with Crippen molar-refractivity contribution >= 4 is 11.6 Å². The zero-order valence-corrected chi connectivity index (χ0v) is 15.6. The minimum absolute atomic E-state index is 0.0651. The van der Waals surface area contributed by atoms with Crippen LogP contribution in [0.3, 0.4) is 0 Å². The highest BCUT2D eigenvalue weighted by atomic mass is 16.2. The molecule has 0 unspecified atom stereocenters. The van der Waals surface area contributed by atoms with Crippen molar-refractivity contribution in [3.05, 3.63) is 63.5 Å². The number of pyridine rings is 1. The maximum Gasteiger partial charge on any atom is 0.276 e. The van der Waals surface area contributed by atoms with Crippen LogP contribution in [-0.2, 0) is 6.42 Å². The SMILES string of the molecule is CCc1c(C)nc2cc([C@H]3CCCCN3C(=O)c3ccccn3)[nH]n2c1=O. The summed E-state index contributed by atoms with van der Waals surface area (Å²) in [5.74, 6) is -0.0790. The number of carbonyl (C=O) groups excluding carboxylic acids is 1. The predicted octanol–water partition coefficient (Wildman–Crippen LogP) is 2.66. The molecule has 1 N–H and O–H groups in total. The monoisotopic (exact) mass is 365 g/mol. The third-order valence-corrected chi connectivity index (χ3v) is 5.30. The van der Waals surface area contributed by atoms with Crippen molar-refractivity contribution in [2.24, 2.45) is 0 Å². The number of hydrogen-bond acceptors (Lipinski definition) is 4. The van der Waals surface area contributed by atoms with Crippen LogP contribution in [0.2, 0.25) is 0 Å². The van der Waals surface area contributed by atoms with Gasteiger partial charge in [-0.25, -0.2) is 9.50 Å². The highest BCUT2D eigenvalue weighted by Crippen LogP contribution is 2.31. The average Bonchev–Trinajstić information content (AvgIpc) is 3.12. The summed E-state index contributed by atoms with van der Waals surface area (Å²) < 4.78 is 1.50. The number of nitrogens with one attached hydrogen (secondary N) is 1. The molecule has 1 atom stereocenters. The lowest BCUT2D eigenvalue weighted by Gasteiger charge is -2.34. The van der Waals surface area contributed by atoms with Crippen molar-refractivity contribution in [1.29, 1.82) is 0 Å². The molecule has 1 aliphatic rings. The standard InChI is InChI=1S/C20H23N5O2/c1-3-14-13(2)22-18-12-16(23-25(18)19(14)26)17-9-5-7-11-24(17)20(27)15-8-4-6-10-21-15/h4,6,8,10,12,17,23H,3,5,7,9,11H2,1-2H3/t17-/m1/s1. The number of hydrogen-bond donors (Lipinski definition) is 1. The topological polar surface area (TPSA) is 83.4 Å². The number of amides is 1. The summed E-state index contributed by atoms with van der Waals surface area (Å²) in [6, 6.07) is 7.14. The summed E-state index contributed by atoms with van der Waals surface area (Å²) in [5, 5.41) is 3.20. The van der Waals surface area contributed by atoms with E-state index in [0.717, 1.165) is 30.7 Å². The van der Waals surface area contributed by atoms with Crippen LogP contribution in [0.1, 0.15) is 59.7 Å². The Morgan fingerprint density at radius 2 is 2.19 bits per heavy atom. The van der Waals surface area contributed by atoms with Gasteiger partial charge in [0.1, 0.15) is 5.69 Å². The molecular weight excluding hydrogens is 342 g/mol. The van der Waals surface area contributed by atoms with Gasteiger partial charge in [0.15, 0.2) is 5.65 Å². The first-order chi connectivity index (χ1) is 13.1. The third-order valence-electron chi connectivity index (χ3n) is 5.30. The minimum Gasteiger partial charge on any atom is -0.329 e. The van der Waals surface area contributed by atoms with Crippen LogP contribution < -0.4 is 5.56 Å². The van der Waals surface area contributed by atoms with Gasteiger partial charge in [-0.2, -0.15) is 0 Å². The van der Waals surface area contributed by atoms with Crippen LogP contribution in [0.4, 0.5) is 0 Å². The van der Waals surface area contributed by atoms with E-state index in [0.29, 0.717) is 29.9 Å². The molecule has 0 radical (unpaired) electrons. The molecule has 3 aromatic rings. The molecule has 0 aliphatic carbocycles. The maximum absolute atomic E-state index is 13.0. The second-order valence-corrected chi connectivity index (χ2v) is 6.96. The van der Waals surface area contributed by atoms with Crippen LogP contribution in [0, 0.1) is 6.92 Å². The van der Waals surface area contributed by atoms with E-state index in [2.05, 4.69) is 15.1 Å². The Bertz CT molecular complexity index is 1040. The highest BCUT2D eigenvalue weighted by molar-refractivity contribution is 5.92. The fourth-order valence-electron chi connectivity index (χ4n) is 3.90. The second-order valence-electron chi connectivity index (χ2n) is 6.96. The summed E-state index contributed by atoms with van der Waals surface area (Å²) in [6.07, 6.45) is 5.12. The summed E-state index contributed by atoms with van der Waals surface area (Å²) in [6.45, 7) is 4.50. The first kappa shape index (κ1) is 17.5. The first-order valence-electron chi connectivity index (χ1n) is 9.43. The summed E-state index contributed by atoms with van der Waals surface area (Å²) in [4.78, 5) is 36.3. The van der Waals surface area contributed by atoms with Crippen molar-refractivity contribution in [2.75, 3.05) is 6.54 Å². The van der Waals surface area contributed by atoms with Crippen LogP contribution in [-0.4, -0.2) is 36.9 Å². The van der Waals surface area contributed by atoms with Gasteiger partial charge in [-0.05, 0) is 44.7 Å². The van der Waals surface area contributed by atoms with E-state index in [9.17, 15) is 9.59 Å². The third kappa shape index (κ3) is 3.03. The number of rotatable bonds is 3. The molecule has 4 rings (SSSR count). The molecule has 140 valence electrons. The number of aryl methyl sites for hydroxylation is 1. The van der Waals surface area contributed by atoms with Gasteiger partial charge in [0, 0.05) is 30.1 Å². The molecule has 0 saturated carbocycles. The molecule has 0 bridgehead atoms. The Balaban J connectivity index is 1.75. The van der Waals surface area contributed by atoms with Gasteiger partial charge in [0.05, 0.1) is 11.7 Å². The summed E-state index contributed by atoms with van der Waals surface area (Å²) in [7, 11) is 0. The average molecular weight is 365 g/mol. The van der Waals surface area contributed by atoms with Gasteiger partial charge in [0.2, 0.25) is 0 Å². The Labute approximate surface area is 157 Å². The molecule has 1 fully saturated rings. The second kappa shape index (κ2) is 6.98. The fraction of sp³-hybridized carbons (Fsp3) is 0.400. The van der Waals surface area contributed by atoms with Gasteiger partial charge >= 0.3 is 0 Å². The van der Waals surface area contributed by atoms with Gasteiger partial charge in [-0.15, -0.1) is 0 Å². The van der Waals surface area contributed by atoms with Crippen LogP contribution >= 0.6 is 0 Å². The molecule has 3 aromatic heterocycles. The van der Waals surface area contributed by atoms with E-state index in [-0.39, 0.29) is 17.5 Å². The molecule has 27 heavy (non-hydrogen) atoms. The molecule has 1 saturated heterocycles.